The van der Waals surface area contributed by atoms with Crippen molar-refractivity contribution in [2.75, 3.05) is 0 Å². The fourth-order valence-corrected chi connectivity index (χ4v) is 4.20. The van der Waals surface area contributed by atoms with E-state index in [1.165, 1.54) is 35.0 Å². The third-order valence-electron chi connectivity index (χ3n) is 3.66. The Morgan fingerprint density at radius 2 is 1.75 bits per heavy atom. The molecule has 124 valence electrons. The highest BCUT2D eigenvalue weighted by Crippen LogP contribution is 2.28. The van der Waals surface area contributed by atoms with Crippen LogP contribution in [-0.4, -0.2) is 24.1 Å². The Hall–Kier alpha value is -2.67. The molecule has 24 heavy (non-hydrogen) atoms. The molecule has 1 N–H and O–H groups in total. The van der Waals surface area contributed by atoms with Gasteiger partial charge in [-0.05, 0) is 23.8 Å². The first-order valence-electron chi connectivity index (χ1n) is 7.14. The number of nitrogens with zero attached hydrogens (tertiary/aromatic N) is 1. The smallest absolute Gasteiger partial charge is 0.323 e. The van der Waals surface area contributed by atoms with Crippen LogP contribution in [0.1, 0.15) is 5.56 Å². The molecule has 3 rings (SSSR count). The largest absolute Gasteiger partial charge is 0.480 e. The number of carbonyl (C=O) groups is 1. The molecule has 0 bridgehead atoms. The first kappa shape index (κ1) is 16.2. The van der Waals surface area contributed by atoms with Gasteiger partial charge in [0.25, 0.3) is 0 Å². The van der Waals surface area contributed by atoms with E-state index in [2.05, 4.69) is 0 Å². The Morgan fingerprint density at radius 1 is 1.08 bits per heavy atom. The summed E-state index contributed by atoms with van der Waals surface area (Å²) in [7, 11) is -3.70. The van der Waals surface area contributed by atoms with Gasteiger partial charge >= 0.3 is 5.97 Å². The number of carboxylic acids is 1. The van der Waals surface area contributed by atoms with Crippen molar-refractivity contribution in [2.24, 2.45) is 0 Å². The van der Waals surface area contributed by atoms with Gasteiger partial charge in [-0.3, -0.25) is 4.79 Å². The minimum atomic E-state index is -3.70. The third kappa shape index (κ3) is 3.16. The molecule has 5 nitrogen and oxygen atoms in total. The van der Waals surface area contributed by atoms with Gasteiger partial charge in [0.2, 0.25) is 0 Å². The molecule has 0 saturated carbocycles. The zero-order chi connectivity index (χ0) is 17.3. The van der Waals surface area contributed by atoms with Crippen molar-refractivity contribution in [3.05, 3.63) is 66.1 Å². The van der Waals surface area contributed by atoms with Gasteiger partial charge in [-0.1, -0.05) is 30.3 Å². The minimum absolute atomic E-state index is 0.0728. The number of aliphatic carboxylic acids is 1. The zero-order valence-corrected chi connectivity index (χ0v) is 13.3. The van der Waals surface area contributed by atoms with Crippen LogP contribution in [-0.2, 0) is 26.9 Å². The molecule has 0 saturated heterocycles. The van der Waals surface area contributed by atoms with Crippen LogP contribution in [0.4, 0.5) is 4.39 Å². The van der Waals surface area contributed by atoms with Crippen molar-refractivity contribution in [3.63, 3.8) is 0 Å². The summed E-state index contributed by atoms with van der Waals surface area (Å²) in [5, 5.41) is 9.47. The Morgan fingerprint density at radius 3 is 2.42 bits per heavy atom. The van der Waals surface area contributed by atoms with Crippen LogP contribution < -0.4 is 0 Å². The zero-order valence-electron chi connectivity index (χ0n) is 12.5. The number of aromatic nitrogens is 1. The van der Waals surface area contributed by atoms with Gasteiger partial charge in [-0.25, -0.2) is 12.8 Å². The lowest BCUT2D eigenvalue weighted by Gasteiger charge is -2.03. The summed E-state index contributed by atoms with van der Waals surface area (Å²) in [5.41, 5.74) is 1.00. The first-order chi connectivity index (χ1) is 11.4. The molecule has 0 aliphatic heterocycles. The summed E-state index contributed by atoms with van der Waals surface area (Å²) < 4.78 is 39.9. The lowest BCUT2D eigenvalue weighted by Crippen LogP contribution is -2.08. The lowest BCUT2D eigenvalue weighted by atomic mass is 10.2. The average Bonchev–Trinajstić information content (AvgIpc) is 2.89. The summed E-state index contributed by atoms with van der Waals surface area (Å²) in [4.78, 5) is 11.1. The summed E-state index contributed by atoms with van der Waals surface area (Å²) in [6.07, 6.45) is 1.34. The van der Waals surface area contributed by atoms with Crippen molar-refractivity contribution in [3.8, 4) is 0 Å². The Labute approximate surface area is 137 Å². The Bertz CT molecular complexity index is 1010. The predicted molar refractivity (Wildman–Crippen MR) is 86.9 cm³/mol. The molecular weight excluding hydrogens is 333 g/mol. The minimum Gasteiger partial charge on any atom is -0.480 e. The van der Waals surface area contributed by atoms with Gasteiger partial charge in [0.1, 0.15) is 12.4 Å². The SMILES string of the molecule is O=C(O)Cn1cc(S(=O)(=O)Cc2ccc(F)cc2)c2ccccc21. The second kappa shape index (κ2) is 6.09. The van der Waals surface area contributed by atoms with E-state index in [-0.39, 0.29) is 17.2 Å². The van der Waals surface area contributed by atoms with Crippen LogP contribution in [0.2, 0.25) is 0 Å². The van der Waals surface area contributed by atoms with Crippen molar-refractivity contribution in [1.29, 1.82) is 0 Å². The maximum absolute atomic E-state index is 13.0. The van der Waals surface area contributed by atoms with Crippen molar-refractivity contribution < 1.29 is 22.7 Å². The fourth-order valence-electron chi connectivity index (χ4n) is 2.62. The predicted octanol–water partition coefficient (Wildman–Crippen LogP) is 2.84. The number of fused-ring (bicyclic) bond motifs is 1. The summed E-state index contributed by atoms with van der Waals surface area (Å²) >= 11 is 0. The van der Waals surface area contributed by atoms with E-state index in [4.69, 9.17) is 5.11 Å². The molecular formula is C17H14FNO4S. The molecule has 0 aliphatic rings. The quantitative estimate of drug-likeness (QED) is 0.770. The number of hydrogen-bond acceptors (Lipinski definition) is 3. The highest BCUT2D eigenvalue weighted by Gasteiger charge is 2.22. The molecule has 0 atom stereocenters. The number of rotatable bonds is 5. The Balaban J connectivity index is 2.07. The van der Waals surface area contributed by atoms with E-state index in [0.29, 0.717) is 16.5 Å². The molecule has 7 heteroatoms. The van der Waals surface area contributed by atoms with E-state index in [1.54, 1.807) is 24.3 Å². The number of halogens is 1. The van der Waals surface area contributed by atoms with E-state index in [0.717, 1.165) is 0 Å². The number of hydrogen-bond donors (Lipinski definition) is 1. The number of benzene rings is 2. The monoisotopic (exact) mass is 347 g/mol. The van der Waals surface area contributed by atoms with Crippen LogP contribution in [0.3, 0.4) is 0 Å². The highest BCUT2D eigenvalue weighted by molar-refractivity contribution is 7.90. The van der Waals surface area contributed by atoms with Crippen molar-refractivity contribution >= 4 is 26.7 Å². The van der Waals surface area contributed by atoms with Crippen molar-refractivity contribution in [2.45, 2.75) is 17.2 Å². The van der Waals surface area contributed by atoms with Crippen molar-refractivity contribution in [1.82, 2.24) is 4.57 Å². The molecule has 0 fully saturated rings. The number of carboxylic acid groups (broad SMARTS) is 1. The Kier molecular flexibility index (Phi) is 4.11. The van der Waals surface area contributed by atoms with Gasteiger partial charge in [-0.15, -0.1) is 0 Å². The lowest BCUT2D eigenvalue weighted by molar-refractivity contribution is -0.137. The standard InChI is InChI=1S/C17H14FNO4S/c18-13-7-5-12(6-8-13)11-24(22,23)16-9-19(10-17(20)21)15-4-2-1-3-14(15)16/h1-9H,10-11H2,(H,20,21). The van der Waals surface area contributed by atoms with Gasteiger partial charge in [-0.2, -0.15) is 0 Å². The summed E-state index contributed by atoms with van der Waals surface area (Å²) in [5.74, 6) is -1.78. The molecule has 0 aliphatic carbocycles. The topological polar surface area (TPSA) is 76.4 Å². The maximum atomic E-state index is 13.0. The van der Waals surface area contributed by atoms with Crippen LogP contribution in [0, 0.1) is 5.82 Å². The van der Waals surface area contributed by atoms with Crippen LogP contribution in [0.5, 0.6) is 0 Å². The van der Waals surface area contributed by atoms with Gasteiger partial charge < -0.3 is 9.67 Å². The normalized spacial score (nSPS) is 11.7. The molecule has 0 radical (unpaired) electrons. The average molecular weight is 347 g/mol. The highest BCUT2D eigenvalue weighted by atomic mass is 32.2. The fraction of sp³-hybridized carbons (Fsp3) is 0.118. The third-order valence-corrected chi connectivity index (χ3v) is 5.37. The molecule has 0 spiro atoms. The van der Waals surface area contributed by atoms with Crippen LogP contribution >= 0.6 is 0 Å². The second-order valence-electron chi connectivity index (χ2n) is 5.42. The second-order valence-corrected chi connectivity index (χ2v) is 7.38. The van der Waals surface area contributed by atoms with E-state index in [9.17, 15) is 17.6 Å². The van der Waals surface area contributed by atoms with Gasteiger partial charge in [0, 0.05) is 17.1 Å². The molecule has 1 aromatic heterocycles. The molecule has 2 aromatic carbocycles. The maximum Gasteiger partial charge on any atom is 0.323 e. The summed E-state index contributed by atoms with van der Waals surface area (Å²) in [6, 6.07) is 12.0. The van der Waals surface area contributed by atoms with Gasteiger partial charge in [0.15, 0.2) is 9.84 Å². The number of para-hydroxylation sites is 1. The van der Waals surface area contributed by atoms with E-state index >= 15 is 0 Å². The van der Waals surface area contributed by atoms with Crippen LogP contribution in [0.15, 0.2) is 59.6 Å². The molecule has 0 amide bonds. The summed E-state index contributed by atoms with van der Waals surface area (Å²) in [6.45, 7) is -0.327. The van der Waals surface area contributed by atoms with Gasteiger partial charge in [0.05, 0.1) is 10.6 Å². The van der Waals surface area contributed by atoms with Crippen LogP contribution in [0.25, 0.3) is 10.9 Å². The molecule has 1 heterocycles. The molecule has 0 unspecified atom stereocenters. The first-order valence-corrected chi connectivity index (χ1v) is 8.79. The molecule has 3 aromatic rings. The number of sulfone groups is 1. The van der Waals surface area contributed by atoms with E-state index in [1.807, 2.05) is 0 Å². The van der Waals surface area contributed by atoms with E-state index < -0.39 is 21.6 Å².